The fourth-order valence-electron chi connectivity index (χ4n) is 3.77. The van der Waals surface area contributed by atoms with Crippen LogP contribution in [0.1, 0.15) is 56.0 Å². The molecule has 0 aliphatic carbocycles. The molecule has 0 bridgehead atoms. The maximum absolute atomic E-state index is 14.6. The zero-order chi connectivity index (χ0) is 24.0. The maximum atomic E-state index is 14.6. The van der Waals surface area contributed by atoms with Crippen LogP contribution in [0, 0.1) is 30.0 Å². The molecule has 3 aromatic rings. The van der Waals surface area contributed by atoms with Gasteiger partial charge in [-0.25, -0.2) is 4.39 Å². The molecular weight excluding hydrogens is 407 g/mol. The van der Waals surface area contributed by atoms with E-state index < -0.39 is 5.43 Å². The van der Waals surface area contributed by atoms with Gasteiger partial charge in [-0.3, -0.25) is 4.79 Å². The first-order chi connectivity index (χ1) is 15.3. The fourth-order valence-corrected chi connectivity index (χ4v) is 3.77. The van der Waals surface area contributed by atoms with Crippen LogP contribution in [0.5, 0.6) is 5.75 Å². The first-order valence-electron chi connectivity index (χ1n) is 10.8. The van der Waals surface area contributed by atoms with Gasteiger partial charge in [0, 0.05) is 24.1 Å². The number of halogens is 1. The number of fused-ring (bicyclic) bond motifs is 1. The highest BCUT2D eigenvalue weighted by Gasteiger charge is 2.21. The highest BCUT2D eigenvalue weighted by Crippen LogP contribution is 2.30. The van der Waals surface area contributed by atoms with E-state index in [1.54, 1.807) is 41.8 Å². The van der Waals surface area contributed by atoms with Crippen LogP contribution in [-0.4, -0.2) is 23.4 Å². The van der Waals surface area contributed by atoms with Crippen LogP contribution in [0.4, 0.5) is 4.39 Å². The molecule has 3 rings (SSSR count). The van der Waals surface area contributed by atoms with E-state index in [2.05, 4.69) is 0 Å². The minimum absolute atomic E-state index is 0.000507. The predicted octanol–water partition coefficient (Wildman–Crippen LogP) is 5.14. The highest BCUT2D eigenvalue weighted by molar-refractivity contribution is 5.83. The summed E-state index contributed by atoms with van der Waals surface area (Å²) in [4.78, 5) is 12.9. The second-order valence-corrected chi connectivity index (χ2v) is 7.79. The van der Waals surface area contributed by atoms with Crippen molar-refractivity contribution in [3.05, 3.63) is 74.8 Å². The summed E-state index contributed by atoms with van der Waals surface area (Å²) in [6.07, 6.45) is 1.74. The average Bonchev–Trinajstić information content (AvgIpc) is 2.79. The summed E-state index contributed by atoms with van der Waals surface area (Å²) in [7, 11) is 1.52. The summed E-state index contributed by atoms with van der Waals surface area (Å²) in [5.74, 6) is 0.295. The van der Waals surface area contributed by atoms with Crippen LogP contribution in [-0.2, 0) is 6.42 Å². The Morgan fingerprint density at radius 3 is 2.47 bits per heavy atom. The first-order valence-corrected chi connectivity index (χ1v) is 10.8. The molecular formula is C26H31FN2O3. The molecule has 170 valence electrons. The number of aliphatic hydroxyl groups excluding tert-OH is 1. The van der Waals surface area contributed by atoms with Gasteiger partial charge in [0.2, 0.25) is 5.43 Å². The molecule has 1 unspecified atom stereocenters. The Hall–Kier alpha value is -3.17. The van der Waals surface area contributed by atoms with Crippen molar-refractivity contribution in [2.45, 2.75) is 47.1 Å². The van der Waals surface area contributed by atoms with Crippen LogP contribution in [0.15, 0.2) is 41.3 Å². The van der Waals surface area contributed by atoms with Gasteiger partial charge in [-0.1, -0.05) is 45.9 Å². The fraction of sp³-hybridized carbons (Fsp3) is 0.385. The summed E-state index contributed by atoms with van der Waals surface area (Å²) in [5.41, 5.74) is 1.87. The lowest BCUT2D eigenvalue weighted by atomic mass is 9.98. The monoisotopic (exact) mass is 438 g/mol. The number of aromatic nitrogens is 1. The zero-order valence-corrected chi connectivity index (χ0v) is 19.6. The number of hydrogen-bond acceptors (Lipinski definition) is 4. The number of hydrogen-bond donors (Lipinski definition) is 1. The van der Waals surface area contributed by atoms with Gasteiger partial charge in [-0.2, -0.15) is 5.26 Å². The van der Waals surface area contributed by atoms with Crippen molar-refractivity contribution in [3.63, 3.8) is 0 Å². The maximum Gasteiger partial charge on any atom is 0.207 e. The van der Waals surface area contributed by atoms with Gasteiger partial charge in [-0.15, -0.1) is 0 Å². The SMILES string of the molecule is CC.COc1cc2c(cc1Cc1cccc(C)c1F)c(=O)c(C#N)cn2C(CO)C(C)C. The Morgan fingerprint density at radius 1 is 1.22 bits per heavy atom. The third-order valence-corrected chi connectivity index (χ3v) is 5.52. The van der Waals surface area contributed by atoms with Crippen LogP contribution >= 0.6 is 0 Å². The van der Waals surface area contributed by atoms with Crippen molar-refractivity contribution in [2.75, 3.05) is 13.7 Å². The molecule has 0 amide bonds. The second kappa shape index (κ2) is 10.9. The number of nitriles is 1. The first kappa shape index (κ1) is 25.1. The van der Waals surface area contributed by atoms with E-state index in [1.807, 2.05) is 33.8 Å². The number of aliphatic hydroxyl groups is 1. The Kier molecular flexibility index (Phi) is 8.56. The lowest BCUT2D eigenvalue weighted by molar-refractivity contribution is 0.196. The summed E-state index contributed by atoms with van der Waals surface area (Å²) in [6.45, 7) is 9.49. The molecule has 2 aromatic carbocycles. The van der Waals surface area contributed by atoms with Crippen LogP contribution in [0.25, 0.3) is 10.9 Å². The van der Waals surface area contributed by atoms with Crippen molar-refractivity contribution in [1.82, 2.24) is 4.57 Å². The number of ether oxygens (including phenoxy) is 1. The van der Waals surface area contributed by atoms with Gasteiger partial charge >= 0.3 is 0 Å². The highest BCUT2D eigenvalue weighted by atomic mass is 19.1. The van der Waals surface area contributed by atoms with Crippen molar-refractivity contribution in [3.8, 4) is 11.8 Å². The lowest BCUT2D eigenvalue weighted by Gasteiger charge is -2.25. The molecule has 0 radical (unpaired) electrons. The van der Waals surface area contributed by atoms with Gasteiger partial charge in [-0.05, 0) is 35.6 Å². The van der Waals surface area contributed by atoms with E-state index in [9.17, 15) is 19.6 Å². The Balaban J connectivity index is 0.00000176. The number of rotatable bonds is 6. The topological polar surface area (TPSA) is 75.2 Å². The van der Waals surface area contributed by atoms with Crippen molar-refractivity contribution < 1.29 is 14.2 Å². The van der Waals surface area contributed by atoms with E-state index in [-0.39, 0.29) is 36.4 Å². The van der Waals surface area contributed by atoms with Crippen LogP contribution in [0.2, 0.25) is 0 Å². The third kappa shape index (κ3) is 4.84. The molecule has 32 heavy (non-hydrogen) atoms. The summed E-state index contributed by atoms with van der Waals surface area (Å²) in [5, 5.41) is 19.7. The predicted molar refractivity (Wildman–Crippen MR) is 126 cm³/mol. The molecule has 0 saturated carbocycles. The number of benzene rings is 2. The standard InChI is InChI=1S/C24H25FN2O3.C2H6/c1-14(2)21(13-28)27-12-18(11-26)24(29)19-9-17(22(30-4)10-20(19)27)8-16-7-5-6-15(3)23(16)25;1-2/h5-7,9-10,12,14,21,28H,8,13H2,1-4H3;1-2H3. The second-order valence-electron chi connectivity index (χ2n) is 7.79. The van der Waals surface area contributed by atoms with Gasteiger partial charge in [0.25, 0.3) is 0 Å². The minimum Gasteiger partial charge on any atom is -0.496 e. The molecule has 1 aromatic heterocycles. The Morgan fingerprint density at radius 2 is 1.91 bits per heavy atom. The van der Waals surface area contributed by atoms with E-state index in [4.69, 9.17) is 4.74 Å². The minimum atomic E-state index is -0.391. The lowest BCUT2D eigenvalue weighted by Crippen LogP contribution is -2.23. The smallest absolute Gasteiger partial charge is 0.207 e. The van der Waals surface area contributed by atoms with E-state index in [0.29, 0.717) is 33.3 Å². The largest absolute Gasteiger partial charge is 0.496 e. The molecule has 0 saturated heterocycles. The third-order valence-electron chi connectivity index (χ3n) is 5.52. The quantitative estimate of drug-likeness (QED) is 0.578. The van der Waals surface area contributed by atoms with Crippen LogP contribution < -0.4 is 10.2 Å². The zero-order valence-electron chi connectivity index (χ0n) is 19.6. The molecule has 1 N–H and O–H groups in total. The van der Waals surface area contributed by atoms with Gasteiger partial charge in [0.1, 0.15) is 23.2 Å². The molecule has 0 fully saturated rings. The van der Waals surface area contributed by atoms with Gasteiger partial charge in [0.15, 0.2) is 0 Å². The molecule has 1 heterocycles. The molecule has 5 nitrogen and oxygen atoms in total. The van der Waals surface area contributed by atoms with Crippen molar-refractivity contribution >= 4 is 10.9 Å². The number of nitrogens with zero attached hydrogens (tertiary/aromatic N) is 2. The summed E-state index contributed by atoms with van der Waals surface area (Å²) >= 11 is 0. The van der Waals surface area contributed by atoms with Crippen molar-refractivity contribution in [2.24, 2.45) is 5.92 Å². The summed E-state index contributed by atoms with van der Waals surface area (Å²) < 4.78 is 21.9. The molecule has 6 heteroatoms. The number of aryl methyl sites for hydroxylation is 1. The number of pyridine rings is 1. The molecule has 0 aliphatic heterocycles. The van der Waals surface area contributed by atoms with E-state index in [1.165, 1.54) is 13.3 Å². The molecule has 0 aliphatic rings. The summed E-state index contributed by atoms with van der Waals surface area (Å²) in [6, 6.07) is 10.2. The average molecular weight is 439 g/mol. The molecule has 1 atom stereocenters. The van der Waals surface area contributed by atoms with E-state index >= 15 is 0 Å². The normalized spacial score (nSPS) is 11.6. The van der Waals surface area contributed by atoms with E-state index in [0.717, 1.165) is 0 Å². The Bertz CT molecular complexity index is 1190. The molecule has 0 spiro atoms. The van der Waals surface area contributed by atoms with Crippen molar-refractivity contribution in [1.29, 1.82) is 5.26 Å². The van der Waals surface area contributed by atoms with Gasteiger partial charge in [0.05, 0.1) is 25.3 Å². The van der Waals surface area contributed by atoms with Crippen LogP contribution in [0.3, 0.4) is 0 Å². The Labute approximate surface area is 188 Å². The van der Waals surface area contributed by atoms with Gasteiger partial charge < -0.3 is 14.4 Å². The number of methoxy groups -OCH3 is 1.